The van der Waals surface area contributed by atoms with E-state index in [4.69, 9.17) is 16.6 Å². The number of carbonyl (C=O) groups is 2. The summed E-state index contributed by atoms with van der Waals surface area (Å²) in [4.78, 5) is 31.0. The van der Waals surface area contributed by atoms with Gasteiger partial charge in [-0.1, -0.05) is 90.1 Å². The number of benzene rings is 5. The summed E-state index contributed by atoms with van der Waals surface area (Å²) in [6, 6.07) is 39.8. The van der Waals surface area contributed by atoms with Gasteiger partial charge in [-0.2, -0.15) is 0 Å². The van der Waals surface area contributed by atoms with E-state index in [9.17, 15) is 18.0 Å². The number of nitrogens with zero attached hydrogens (tertiary/aromatic N) is 4. The zero-order valence-corrected chi connectivity index (χ0v) is 30.6. The van der Waals surface area contributed by atoms with Crippen LogP contribution in [0.4, 0.5) is 5.69 Å². The van der Waals surface area contributed by atoms with E-state index >= 15 is 0 Å². The zero-order chi connectivity index (χ0) is 37.0. The first-order valence-electron chi connectivity index (χ1n) is 16.3. The van der Waals surface area contributed by atoms with E-state index < -0.39 is 9.84 Å². The number of aromatic nitrogens is 4. The van der Waals surface area contributed by atoms with Crippen molar-refractivity contribution in [1.29, 1.82) is 0 Å². The largest absolute Gasteiger partial charge is 0.325 e. The lowest BCUT2D eigenvalue weighted by atomic mass is 10.0. The first-order valence-corrected chi connectivity index (χ1v) is 19.6. The Hall–Kier alpha value is -5.88. The monoisotopic (exact) mass is 755 g/mol. The number of ketones is 1. The molecule has 2 aromatic heterocycles. The molecule has 0 radical (unpaired) electrons. The van der Waals surface area contributed by atoms with Gasteiger partial charge in [0.25, 0.3) is 0 Å². The van der Waals surface area contributed by atoms with E-state index in [2.05, 4.69) is 15.5 Å². The molecule has 262 valence electrons. The minimum atomic E-state index is -3.36. The molecular weight excluding hydrogens is 726 g/mol. The fourth-order valence-electron chi connectivity index (χ4n) is 5.62. The summed E-state index contributed by atoms with van der Waals surface area (Å²) >= 11 is 7.18. The number of halogens is 1. The normalized spacial score (nSPS) is 11.6. The standard InChI is InChI=1S/C41H30ClN5O4S2/c1-53(50,51)33-22-16-28(17-23-33)37-25-35(34-9-5-6-10-36(34)44-37)40-45-46-41(47(40)32-7-3-2-4-8-32)52-26-39(49)43-31-20-14-29(15-21-31)38(48)24-13-27-11-18-30(42)19-12-27/h2-25H,26H2,1H3,(H,43,49)/b24-13+. The number of sulfone groups is 1. The van der Waals surface area contributed by atoms with E-state index in [-0.39, 0.29) is 22.3 Å². The summed E-state index contributed by atoms with van der Waals surface area (Å²) in [7, 11) is -3.36. The van der Waals surface area contributed by atoms with Gasteiger partial charge in [-0.3, -0.25) is 14.2 Å². The highest BCUT2D eigenvalue weighted by atomic mass is 35.5. The van der Waals surface area contributed by atoms with Crippen molar-refractivity contribution in [3.05, 3.63) is 156 Å². The maximum Gasteiger partial charge on any atom is 0.234 e. The second kappa shape index (κ2) is 15.4. The van der Waals surface area contributed by atoms with Crippen LogP contribution in [0.2, 0.25) is 5.02 Å². The summed E-state index contributed by atoms with van der Waals surface area (Å²) in [6.45, 7) is 0. The fourth-order valence-corrected chi connectivity index (χ4v) is 7.12. The van der Waals surface area contributed by atoms with Crippen molar-refractivity contribution in [3.8, 4) is 28.3 Å². The number of carbonyl (C=O) groups excluding carboxylic acids is 2. The van der Waals surface area contributed by atoms with Gasteiger partial charge in [0.2, 0.25) is 5.91 Å². The molecule has 2 heterocycles. The number of anilines is 1. The van der Waals surface area contributed by atoms with Crippen molar-refractivity contribution < 1.29 is 18.0 Å². The zero-order valence-electron chi connectivity index (χ0n) is 28.2. The van der Waals surface area contributed by atoms with Crippen LogP contribution < -0.4 is 5.32 Å². The van der Waals surface area contributed by atoms with Crippen molar-refractivity contribution >= 4 is 67.6 Å². The number of thioether (sulfide) groups is 1. The molecule has 0 aliphatic heterocycles. The second-order valence-electron chi connectivity index (χ2n) is 12.0. The summed E-state index contributed by atoms with van der Waals surface area (Å²) in [6.07, 6.45) is 4.40. The van der Waals surface area contributed by atoms with Gasteiger partial charge >= 0.3 is 0 Å². The molecule has 0 aliphatic rings. The molecule has 1 N–H and O–H groups in total. The van der Waals surface area contributed by atoms with Gasteiger partial charge in [-0.15, -0.1) is 10.2 Å². The average molecular weight is 756 g/mol. The Morgan fingerprint density at radius 3 is 2.25 bits per heavy atom. The van der Waals surface area contributed by atoms with Crippen LogP contribution in [0.5, 0.6) is 0 Å². The highest BCUT2D eigenvalue weighted by molar-refractivity contribution is 7.99. The molecule has 5 aromatic carbocycles. The first kappa shape index (κ1) is 35.5. The Morgan fingerprint density at radius 2 is 1.53 bits per heavy atom. The Bertz CT molecular complexity index is 2590. The molecule has 0 atom stereocenters. The lowest BCUT2D eigenvalue weighted by molar-refractivity contribution is -0.113. The third-order valence-corrected chi connectivity index (χ3v) is 10.6. The quantitative estimate of drug-likeness (QED) is 0.0789. The van der Waals surface area contributed by atoms with E-state index in [0.29, 0.717) is 32.9 Å². The predicted molar refractivity (Wildman–Crippen MR) is 211 cm³/mol. The van der Waals surface area contributed by atoms with Crippen LogP contribution in [-0.2, 0) is 14.6 Å². The average Bonchev–Trinajstić information content (AvgIpc) is 3.60. The number of para-hydroxylation sites is 2. The number of pyridine rings is 1. The minimum absolute atomic E-state index is 0.0461. The van der Waals surface area contributed by atoms with Crippen LogP contribution in [0.25, 0.3) is 45.3 Å². The molecule has 0 bridgehead atoms. The SMILES string of the molecule is CS(=O)(=O)c1ccc(-c2cc(-c3nnc(SCC(=O)Nc4ccc(C(=O)/C=C/c5ccc(Cl)cc5)cc4)n3-c3ccccc3)c3ccccc3n2)cc1. The molecule has 0 saturated heterocycles. The second-order valence-corrected chi connectivity index (χ2v) is 15.4. The van der Waals surface area contributed by atoms with Crippen LogP contribution in [0.15, 0.2) is 150 Å². The molecule has 7 rings (SSSR count). The van der Waals surface area contributed by atoms with Crippen molar-refractivity contribution in [2.75, 3.05) is 17.3 Å². The molecule has 0 spiro atoms. The Balaban J connectivity index is 1.13. The molecule has 0 saturated carbocycles. The molecular formula is C41H30ClN5O4S2. The summed E-state index contributed by atoms with van der Waals surface area (Å²) < 4.78 is 26.1. The van der Waals surface area contributed by atoms with E-state index in [1.54, 1.807) is 66.7 Å². The van der Waals surface area contributed by atoms with Crippen LogP contribution in [0, 0.1) is 0 Å². The molecule has 53 heavy (non-hydrogen) atoms. The van der Waals surface area contributed by atoms with E-state index in [0.717, 1.165) is 33.3 Å². The smallest absolute Gasteiger partial charge is 0.234 e. The predicted octanol–water partition coefficient (Wildman–Crippen LogP) is 8.83. The summed E-state index contributed by atoms with van der Waals surface area (Å²) in [5, 5.41) is 14.0. The molecule has 1 amide bonds. The van der Waals surface area contributed by atoms with Gasteiger partial charge < -0.3 is 5.32 Å². The number of rotatable bonds is 11. The topological polar surface area (TPSA) is 124 Å². The maximum atomic E-state index is 13.2. The van der Waals surface area contributed by atoms with Gasteiger partial charge in [0.1, 0.15) is 0 Å². The van der Waals surface area contributed by atoms with Crippen LogP contribution in [0.1, 0.15) is 15.9 Å². The number of nitrogens with one attached hydrogen (secondary N) is 1. The Labute approximate surface area is 315 Å². The summed E-state index contributed by atoms with van der Waals surface area (Å²) in [5.74, 6) is 0.181. The number of hydrogen-bond donors (Lipinski definition) is 1. The summed E-state index contributed by atoms with van der Waals surface area (Å²) in [5.41, 5.74) is 5.59. The number of fused-ring (bicyclic) bond motifs is 1. The van der Waals surface area contributed by atoms with E-state index in [1.165, 1.54) is 24.1 Å². The van der Waals surface area contributed by atoms with Crippen LogP contribution in [0.3, 0.4) is 0 Å². The van der Waals surface area contributed by atoms with Crippen molar-refractivity contribution in [2.45, 2.75) is 10.1 Å². The van der Waals surface area contributed by atoms with Crippen molar-refractivity contribution in [1.82, 2.24) is 19.7 Å². The molecule has 12 heteroatoms. The Kier molecular flexibility index (Phi) is 10.3. The number of amides is 1. The van der Waals surface area contributed by atoms with Gasteiger partial charge in [-0.05, 0) is 84.4 Å². The van der Waals surface area contributed by atoms with E-state index in [1.807, 2.05) is 77.4 Å². The molecule has 9 nitrogen and oxygen atoms in total. The lowest BCUT2D eigenvalue weighted by Gasteiger charge is -2.13. The minimum Gasteiger partial charge on any atom is -0.325 e. The number of allylic oxidation sites excluding steroid dienone is 1. The number of hydrogen-bond acceptors (Lipinski definition) is 8. The van der Waals surface area contributed by atoms with Crippen LogP contribution in [-0.4, -0.2) is 51.9 Å². The third-order valence-electron chi connectivity index (χ3n) is 8.27. The fraction of sp³-hybridized carbons (Fsp3) is 0.0488. The van der Waals surface area contributed by atoms with Crippen molar-refractivity contribution in [3.63, 3.8) is 0 Å². The van der Waals surface area contributed by atoms with Gasteiger partial charge in [0, 0.05) is 44.7 Å². The molecule has 0 unspecified atom stereocenters. The molecule has 0 fully saturated rings. The van der Waals surface area contributed by atoms with Crippen molar-refractivity contribution in [2.24, 2.45) is 0 Å². The van der Waals surface area contributed by atoms with Crippen LogP contribution >= 0.6 is 23.4 Å². The first-order chi connectivity index (χ1) is 25.6. The van der Waals surface area contributed by atoms with Gasteiger partial charge in [-0.25, -0.2) is 13.4 Å². The molecule has 0 aliphatic carbocycles. The van der Waals surface area contributed by atoms with Gasteiger partial charge in [0.05, 0.1) is 21.9 Å². The molecule has 7 aromatic rings. The van der Waals surface area contributed by atoms with Gasteiger partial charge in [0.15, 0.2) is 26.6 Å². The maximum absolute atomic E-state index is 13.2. The highest BCUT2D eigenvalue weighted by Gasteiger charge is 2.21. The highest BCUT2D eigenvalue weighted by Crippen LogP contribution is 2.35. The third kappa shape index (κ3) is 8.28. The Morgan fingerprint density at radius 1 is 0.830 bits per heavy atom. The lowest BCUT2D eigenvalue weighted by Crippen LogP contribution is -2.14.